The molecule has 4 nitrogen and oxygen atoms in total. The van der Waals surface area contributed by atoms with E-state index in [0.29, 0.717) is 25.9 Å². The summed E-state index contributed by atoms with van der Waals surface area (Å²) in [6.45, 7) is 0.947. The summed E-state index contributed by atoms with van der Waals surface area (Å²) in [6.07, 6.45) is 4.68. The minimum absolute atomic E-state index is 0.0885. The Morgan fingerprint density at radius 3 is 1.73 bits per heavy atom. The van der Waals surface area contributed by atoms with E-state index in [1.165, 1.54) is 0 Å². The fraction of sp³-hybridized carbons (Fsp3) is 0.273. The number of carbonyl (C=O) groups is 2. The van der Waals surface area contributed by atoms with Crippen molar-refractivity contribution in [2.75, 3.05) is 0 Å². The number of carboxylic acid groups (broad SMARTS) is 1. The van der Waals surface area contributed by atoms with Crippen LogP contribution in [0.1, 0.15) is 24.0 Å². The zero-order valence-corrected chi connectivity index (χ0v) is 14.6. The van der Waals surface area contributed by atoms with E-state index in [-0.39, 0.29) is 5.91 Å². The number of carboxylic acids is 1. The van der Waals surface area contributed by atoms with Gasteiger partial charge in [-0.05, 0) is 24.0 Å². The van der Waals surface area contributed by atoms with Gasteiger partial charge in [-0.2, -0.15) is 0 Å². The molecule has 2 aromatic carbocycles. The van der Waals surface area contributed by atoms with Crippen molar-refractivity contribution in [2.24, 2.45) is 11.8 Å². The van der Waals surface area contributed by atoms with Crippen molar-refractivity contribution in [3.05, 3.63) is 83.9 Å². The fourth-order valence-corrected chi connectivity index (χ4v) is 3.41. The van der Waals surface area contributed by atoms with Crippen LogP contribution in [0.5, 0.6) is 0 Å². The van der Waals surface area contributed by atoms with E-state index in [0.717, 1.165) is 11.1 Å². The van der Waals surface area contributed by atoms with Gasteiger partial charge in [-0.15, -0.1) is 0 Å². The maximum atomic E-state index is 13.3. The monoisotopic (exact) mass is 349 g/mol. The molecule has 2 aromatic rings. The van der Waals surface area contributed by atoms with Crippen LogP contribution in [0.4, 0.5) is 0 Å². The molecule has 0 unspecified atom stereocenters. The zero-order chi connectivity index (χ0) is 18.4. The number of hydrogen-bond acceptors (Lipinski definition) is 2. The number of rotatable bonds is 6. The molecule has 0 heterocycles. The molecule has 1 aliphatic carbocycles. The van der Waals surface area contributed by atoms with E-state index >= 15 is 0 Å². The number of allylic oxidation sites excluding steroid dienone is 2. The van der Waals surface area contributed by atoms with Gasteiger partial charge in [-0.25, -0.2) is 0 Å². The lowest BCUT2D eigenvalue weighted by atomic mass is 9.82. The molecule has 134 valence electrons. The summed E-state index contributed by atoms with van der Waals surface area (Å²) in [4.78, 5) is 26.6. The number of amides is 1. The second-order valence-electron chi connectivity index (χ2n) is 6.66. The van der Waals surface area contributed by atoms with Crippen LogP contribution < -0.4 is 0 Å². The Bertz CT molecular complexity index is 729. The lowest BCUT2D eigenvalue weighted by Crippen LogP contribution is -2.41. The van der Waals surface area contributed by atoms with Crippen LogP contribution in [-0.2, 0) is 22.7 Å². The highest BCUT2D eigenvalue weighted by atomic mass is 16.4. The molecule has 0 fully saturated rings. The SMILES string of the molecule is O=C(O)[C@@H]1CC=CC[C@@H]1C(=O)N(Cc1ccccc1)Cc1ccccc1. The highest BCUT2D eigenvalue weighted by Gasteiger charge is 2.36. The summed E-state index contributed by atoms with van der Waals surface area (Å²) in [7, 11) is 0. The molecule has 1 N–H and O–H groups in total. The molecule has 0 radical (unpaired) electrons. The van der Waals surface area contributed by atoms with Gasteiger partial charge in [0, 0.05) is 13.1 Å². The minimum Gasteiger partial charge on any atom is -0.481 e. The van der Waals surface area contributed by atoms with Gasteiger partial charge in [0.05, 0.1) is 11.8 Å². The Labute approximate surface area is 153 Å². The summed E-state index contributed by atoms with van der Waals surface area (Å²) in [5.74, 6) is -2.15. The third kappa shape index (κ3) is 4.39. The minimum atomic E-state index is -0.896. The van der Waals surface area contributed by atoms with Gasteiger partial charge in [-0.3, -0.25) is 9.59 Å². The van der Waals surface area contributed by atoms with Crippen molar-refractivity contribution < 1.29 is 14.7 Å². The largest absolute Gasteiger partial charge is 0.481 e. The first-order valence-electron chi connectivity index (χ1n) is 8.89. The molecule has 0 aromatic heterocycles. The first-order valence-corrected chi connectivity index (χ1v) is 8.89. The van der Waals surface area contributed by atoms with Gasteiger partial charge in [-0.1, -0.05) is 72.8 Å². The van der Waals surface area contributed by atoms with Gasteiger partial charge in [0.25, 0.3) is 0 Å². The molecule has 0 saturated carbocycles. The van der Waals surface area contributed by atoms with E-state index in [1.807, 2.05) is 72.8 Å². The Morgan fingerprint density at radius 2 is 1.27 bits per heavy atom. The van der Waals surface area contributed by atoms with Crippen LogP contribution in [-0.4, -0.2) is 21.9 Å². The predicted molar refractivity (Wildman–Crippen MR) is 100 cm³/mol. The maximum Gasteiger partial charge on any atom is 0.307 e. The lowest BCUT2D eigenvalue weighted by molar-refractivity contribution is -0.151. The molecule has 26 heavy (non-hydrogen) atoms. The van der Waals surface area contributed by atoms with Crippen molar-refractivity contribution in [2.45, 2.75) is 25.9 Å². The average molecular weight is 349 g/mol. The van der Waals surface area contributed by atoms with Gasteiger partial charge in [0.15, 0.2) is 0 Å². The first-order chi connectivity index (χ1) is 12.6. The second kappa shape index (κ2) is 8.48. The summed E-state index contributed by atoms with van der Waals surface area (Å²) in [5, 5.41) is 9.51. The van der Waals surface area contributed by atoms with Crippen molar-refractivity contribution in [3.63, 3.8) is 0 Å². The Balaban J connectivity index is 1.84. The van der Waals surface area contributed by atoms with Crippen molar-refractivity contribution >= 4 is 11.9 Å². The van der Waals surface area contributed by atoms with Crippen LogP contribution in [0.15, 0.2) is 72.8 Å². The smallest absolute Gasteiger partial charge is 0.307 e. The number of aliphatic carboxylic acids is 1. The Kier molecular flexibility index (Phi) is 5.84. The van der Waals surface area contributed by atoms with E-state index in [9.17, 15) is 14.7 Å². The normalized spacial score (nSPS) is 19.1. The van der Waals surface area contributed by atoms with Gasteiger partial charge in [0.2, 0.25) is 5.91 Å². The van der Waals surface area contributed by atoms with Crippen LogP contribution >= 0.6 is 0 Å². The summed E-state index contributed by atoms with van der Waals surface area (Å²) >= 11 is 0. The van der Waals surface area contributed by atoms with Crippen molar-refractivity contribution in [1.29, 1.82) is 0 Å². The molecular weight excluding hydrogens is 326 g/mol. The summed E-state index contributed by atoms with van der Waals surface area (Å²) in [5.41, 5.74) is 2.07. The molecule has 0 spiro atoms. The van der Waals surface area contributed by atoms with Gasteiger partial charge >= 0.3 is 5.97 Å². The molecule has 0 bridgehead atoms. The van der Waals surface area contributed by atoms with E-state index in [1.54, 1.807) is 4.90 Å². The van der Waals surface area contributed by atoms with Gasteiger partial charge < -0.3 is 10.0 Å². The van der Waals surface area contributed by atoms with Crippen molar-refractivity contribution in [1.82, 2.24) is 4.90 Å². The Morgan fingerprint density at radius 1 is 0.808 bits per heavy atom. The fourth-order valence-electron chi connectivity index (χ4n) is 3.41. The molecule has 1 amide bonds. The highest BCUT2D eigenvalue weighted by molar-refractivity contribution is 5.85. The standard InChI is InChI=1S/C22H23NO3/c24-21(19-13-7-8-14-20(19)22(25)26)23(15-17-9-3-1-4-10-17)16-18-11-5-2-6-12-18/h1-12,19-20H,13-16H2,(H,25,26)/t19-,20+/m0/s1. The topological polar surface area (TPSA) is 57.6 Å². The number of benzene rings is 2. The van der Waals surface area contributed by atoms with Crippen molar-refractivity contribution in [3.8, 4) is 0 Å². The predicted octanol–water partition coefficient (Wildman–Crippen LogP) is 3.88. The van der Waals surface area contributed by atoms with E-state index < -0.39 is 17.8 Å². The third-order valence-corrected chi connectivity index (χ3v) is 4.81. The molecule has 3 rings (SSSR count). The summed E-state index contributed by atoms with van der Waals surface area (Å²) in [6, 6.07) is 19.6. The maximum absolute atomic E-state index is 13.3. The van der Waals surface area contributed by atoms with E-state index in [4.69, 9.17) is 0 Å². The second-order valence-corrected chi connectivity index (χ2v) is 6.66. The number of nitrogens with zero attached hydrogens (tertiary/aromatic N) is 1. The number of hydrogen-bond donors (Lipinski definition) is 1. The Hall–Kier alpha value is -2.88. The highest BCUT2D eigenvalue weighted by Crippen LogP contribution is 2.29. The van der Waals surface area contributed by atoms with E-state index in [2.05, 4.69) is 0 Å². The molecule has 0 saturated heterocycles. The van der Waals surface area contributed by atoms with Crippen LogP contribution in [0.2, 0.25) is 0 Å². The van der Waals surface area contributed by atoms with Crippen LogP contribution in [0.25, 0.3) is 0 Å². The average Bonchev–Trinajstić information content (AvgIpc) is 2.68. The third-order valence-electron chi connectivity index (χ3n) is 4.81. The van der Waals surface area contributed by atoms with Crippen LogP contribution in [0.3, 0.4) is 0 Å². The summed E-state index contributed by atoms with van der Waals surface area (Å²) < 4.78 is 0. The zero-order valence-electron chi connectivity index (χ0n) is 14.6. The lowest BCUT2D eigenvalue weighted by Gasteiger charge is -2.31. The molecule has 4 heteroatoms. The first kappa shape index (κ1) is 17.9. The molecule has 0 aliphatic heterocycles. The molecular formula is C22H23NO3. The quantitative estimate of drug-likeness (QED) is 0.805. The van der Waals surface area contributed by atoms with Crippen LogP contribution in [0, 0.1) is 11.8 Å². The number of carbonyl (C=O) groups excluding carboxylic acids is 1. The molecule has 1 aliphatic rings. The molecule has 2 atom stereocenters. The van der Waals surface area contributed by atoms with Gasteiger partial charge in [0.1, 0.15) is 0 Å².